The van der Waals surface area contributed by atoms with Crippen LogP contribution in [-0.2, 0) is 0 Å². The standard InChI is InChI=1S/C29H29F2N5O/c30-22-11-2-7-18-6-1-10-20(23(18)22)25-24(31)26-21(16-32-25)27(33-19-8-3-9-19)35-28(34-26)37-17-29-12-4-14-36(29)15-5-13-29/h1-2,6-7,10-11,16,19H,3-5,8-9,12-15,17H2,(H,33,34,35). The van der Waals surface area contributed by atoms with Gasteiger partial charge in [-0.3, -0.25) is 9.88 Å². The molecule has 3 aliphatic rings. The highest BCUT2D eigenvalue weighted by Crippen LogP contribution is 2.40. The fraction of sp³-hybridized carbons (Fsp3) is 0.414. The van der Waals surface area contributed by atoms with Gasteiger partial charge in [-0.05, 0) is 69.5 Å². The molecule has 0 radical (unpaired) electrons. The molecule has 7 rings (SSSR count). The van der Waals surface area contributed by atoms with Gasteiger partial charge in [0.2, 0.25) is 0 Å². The van der Waals surface area contributed by atoms with Crippen LogP contribution in [-0.4, -0.2) is 51.1 Å². The zero-order valence-corrected chi connectivity index (χ0v) is 20.6. The lowest BCUT2D eigenvalue weighted by Crippen LogP contribution is -2.43. The van der Waals surface area contributed by atoms with E-state index in [-0.39, 0.29) is 22.8 Å². The Balaban J connectivity index is 1.33. The van der Waals surface area contributed by atoms with Gasteiger partial charge in [0.05, 0.1) is 10.9 Å². The van der Waals surface area contributed by atoms with E-state index in [2.05, 4.69) is 25.2 Å². The predicted octanol–water partition coefficient (Wildman–Crippen LogP) is 6.09. The van der Waals surface area contributed by atoms with Gasteiger partial charge in [-0.1, -0.05) is 30.3 Å². The third-order valence-electron chi connectivity index (χ3n) is 8.50. The van der Waals surface area contributed by atoms with Gasteiger partial charge in [-0.15, -0.1) is 0 Å². The van der Waals surface area contributed by atoms with Crippen molar-refractivity contribution in [1.82, 2.24) is 19.9 Å². The monoisotopic (exact) mass is 501 g/mol. The van der Waals surface area contributed by atoms with Crippen LogP contribution in [0.3, 0.4) is 0 Å². The van der Waals surface area contributed by atoms with Crippen LogP contribution in [0.15, 0.2) is 42.6 Å². The predicted molar refractivity (Wildman–Crippen MR) is 140 cm³/mol. The lowest BCUT2D eigenvalue weighted by atomic mass is 9.93. The van der Waals surface area contributed by atoms with Crippen LogP contribution >= 0.6 is 0 Å². The van der Waals surface area contributed by atoms with E-state index in [1.165, 1.54) is 18.9 Å². The highest BCUT2D eigenvalue weighted by atomic mass is 19.1. The smallest absolute Gasteiger partial charge is 0.319 e. The van der Waals surface area contributed by atoms with Gasteiger partial charge in [0, 0.05) is 23.2 Å². The first-order valence-electron chi connectivity index (χ1n) is 13.3. The van der Waals surface area contributed by atoms with Crippen molar-refractivity contribution in [2.45, 2.75) is 56.5 Å². The molecule has 0 unspecified atom stereocenters. The van der Waals surface area contributed by atoms with Gasteiger partial charge in [0.1, 0.15) is 29.5 Å². The number of halogens is 2. The van der Waals surface area contributed by atoms with Crippen LogP contribution in [0.5, 0.6) is 6.01 Å². The number of pyridine rings is 1. The fourth-order valence-electron chi connectivity index (χ4n) is 6.30. The largest absolute Gasteiger partial charge is 0.461 e. The quantitative estimate of drug-likeness (QED) is 0.345. The second kappa shape index (κ2) is 8.87. The molecule has 2 aromatic heterocycles. The summed E-state index contributed by atoms with van der Waals surface area (Å²) in [5, 5.41) is 4.99. The maximum Gasteiger partial charge on any atom is 0.319 e. The van der Waals surface area contributed by atoms with Gasteiger partial charge < -0.3 is 10.1 Å². The molecule has 2 saturated heterocycles. The van der Waals surface area contributed by atoms with Gasteiger partial charge in [-0.2, -0.15) is 9.97 Å². The Kier molecular flexibility index (Phi) is 5.46. The molecule has 190 valence electrons. The first kappa shape index (κ1) is 22.8. The molecule has 8 heteroatoms. The maximum absolute atomic E-state index is 16.2. The highest BCUT2D eigenvalue weighted by molar-refractivity contribution is 5.99. The molecule has 0 atom stereocenters. The minimum Gasteiger partial charge on any atom is -0.461 e. The summed E-state index contributed by atoms with van der Waals surface area (Å²) in [6.45, 7) is 2.69. The average molecular weight is 502 g/mol. The van der Waals surface area contributed by atoms with Crippen LogP contribution < -0.4 is 10.1 Å². The molecule has 0 bridgehead atoms. The molecule has 0 spiro atoms. The first-order chi connectivity index (χ1) is 18.1. The Morgan fingerprint density at radius 2 is 1.78 bits per heavy atom. The Hall–Kier alpha value is -3.39. The summed E-state index contributed by atoms with van der Waals surface area (Å²) in [6.07, 6.45) is 9.37. The zero-order valence-electron chi connectivity index (χ0n) is 20.6. The molecule has 1 N–H and O–H groups in total. The Labute approximate surface area is 214 Å². The summed E-state index contributed by atoms with van der Waals surface area (Å²) >= 11 is 0. The van der Waals surface area contributed by atoms with E-state index in [1.54, 1.807) is 24.4 Å². The molecular formula is C29H29F2N5O. The lowest BCUT2D eigenvalue weighted by molar-refractivity contribution is 0.108. The molecule has 4 heterocycles. The number of anilines is 1. The number of fused-ring (bicyclic) bond motifs is 3. The number of nitrogens with zero attached hydrogens (tertiary/aromatic N) is 4. The van der Waals surface area contributed by atoms with Crippen molar-refractivity contribution < 1.29 is 13.5 Å². The molecule has 1 aliphatic carbocycles. The second-order valence-corrected chi connectivity index (χ2v) is 10.7. The molecule has 3 fully saturated rings. The Morgan fingerprint density at radius 3 is 2.54 bits per heavy atom. The van der Waals surface area contributed by atoms with E-state index in [9.17, 15) is 4.39 Å². The van der Waals surface area contributed by atoms with Gasteiger partial charge >= 0.3 is 6.01 Å². The van der Waals surface area contributed by atoms with Crippen molar-refractivity contribution in [2.75, 3.05) is 25.0 Å². The first-order valence-corrected chi connectivity index (χ1v) is 13.3. The van der Waals surface area contributed by atoms with E-state index in [0.29, 0.717) is 40.2 Å². The minimum absolute atomic E-state index is 0.0301. The van der Waals surface area contributed by atoms with Crippen LogP contribution in [0, 0.1) is 11.6 Å². The molecular weight excluding hydrogens is 472 g/mol. The van der Waals surface area contributed by atoms with Crippen molar-refractivity contribution in [3.05, 3.63) is 54.2 Å². The van der Waals surface area contributed by atoms with Crippen LogP contribution in [0.25, 0.3) is 32.9 Å². The minimum atomic E-state index is -0.598. The molecule has 2 aromatic carbocycles. The fourth-order valence-corrected chi connectivity index (χ4v) is 6.30. The highest BCUT2D eigenvalue weighted by Gasteiger charge is 2.45. The zero-order chi connectivity index (χ0) is 25.0. The lowest BCUT2D eigenvalue weighted by Gasteiger charge is -2.31. The van der Waals surface area contributed by atoms with Crippen LogP contribution in [0.4, 0.5) is 14.6 Å². The molecule has 0 amide bonds. The van der Waals surface area contributed by atoms with Crippen LogP contribution in [0.1, 0.15) is 44.9 Å². The number of aromatic nitrogens is 3. The van der Waals surface area contributed by atoms with Crippen molar-refractivity contribution in [2.24, 2.45) is 0 Å². The second-order valence-electron chi connectivity index (χ2n) is 10.7. The number of nitrogens with one attached hydrogen (secondary N) is 1. The van der Waals surface area contributed by atoms with Crippen molar-refractivity contribution in [3.8, 4) is 17.3 Å². The maximum atomic E-state index is 16.2. The number of rotatable bonds is 6. The van der Waals surface area contributed by atoms with Crippen LogP contribution in [0.2, 0.25) is 0 Å². The molecule has 37 heavy (non-hydrogen) atoms. The van der Waals surface area contributed by atoms with Crippen molar-refractivity contribution in [1.29, 1.82) is 0 Å². The van der Waals surface area contributed by atoms with E-state index >= 15 is 4.39 Å². The summed E-state index contributed by atoms with van der Waals surface area (Å²) in [5.74, 6) is -0.469. The van der Waals surface area contributed by atoms with E-state index in [4.69, 9.17) is 4.74 Å². The van der Waals surface area contributed by atoms with Gasteiger partial charge in [0.15, 0.2) is 5.82 Å². The number of ether oxygens (including phenoxy) is 1. The Bertz CT molecular complexity index is 1490. The third-order valence-corrected chi connectivity index (χ3v) is 8.50. The number of hydrogen-bond acceptors (Lipinski definition) is 6. The van der Waals surface area contributed by atoms with Gasteiger partial charge in [-0.25, -0.2) is 8.78 Å². The topological polar surface area (TPSA) is 63.2 Å². The molecule has 1 saturated carbocycles. The molecule has 4 aromatic rings. The summed E-state index contributed by atoms with van der Waals surface area (Å²) in [5.41, 5.74) is 0.634. The summed E-state index contributed by atoms with van der Waals surface area (Å²) in [6, 6.07) is 10.6. The van der Waals surface area contributed by atoms with E-state index < -0.39 is 11.6 Å². The summed E-state index contributed by atoms with van der Waals surface area (Å²) < 4.78 is 37.3. The third kappa shape index (κ3) is 3.81. The SMILES string of the molecule is Fc1c(-c2cccc3cccc(F)c23)ncc2c(NC3CCC3)nc(OCC34CCCN3CCC4)nc12. The summed E-state index contributed by atoms with van der Waals surface area (Å²) in [4.78, 5) is 16.2. The van der Waals surface area contributed by atoms with Crippen molar-refractivity contribution in [3.63, 3.8) is 0 Å². The van der Waals surface area contributed by atoms with Crippen molar-refractivity contribution >= 4 is 27.5 Å². The molecule has 6 nitrogen and oxygen atoms in total. The normalized spacial score (nSPS) is 19.3. The van der Waals surface area contributed by atoms with E-state index in [0.717, 1.165) is 45.2 Å². The average Bonchev–Trinajstić information content (AvgIpc) is 3.46. The van der Waals surface area contributed by atoms with E-state index in [1.807, 2.05) is 12.1 Å². The summed E-state index contributed by atoms with van der Waals surface area (Å²) in [7, 11) is 0. The number of benzene rings is 2. The Morgan fingerprint density at radius 1 is 1.00 bits per heavy atom. The van der Waals surface area contributed by atoms with Gasteiger partial charge in [0.25, 0.3) is 0 Å². The molecule has 2 aliphatic heterocycles. The number of hydrogen-bond donors (Lipinski definition) is 1.